The van der Waals surface area contributed by atoms with Crippen molar-refractivity contribution in [1.29, 1.82) is 0 Å². The molecule has 0 saturated carbocycles. The third-order valence-corrected chi connectivity index (χ3v) is 3.25. The Morgan fingerprint density at radius 1 is 1.47 bits per heavy atom. The number of terminal acetylenes is 1. The third kappa shape index (κ3) is 5.23. The average molecular weight is 237 g/mol. The number of carbonyl (C=O) groups is 1. The summed E-state index contributed by atoms with van der Waals surface area (Å²) < 4.78 is 5.34. The number of carbonyl (C=O) groups excluding carboxylic acids is 1. The van der Waals surface area contributed by atoms with Gasteiger partial charge in [0.1, 0.15) is 6.61 Å². The highest BCUT2D eigenvalue weighted by Gasteiger charge is 2.22. The second-order valence-corrected chi connectivity index (χ2v) is 4.65. The van der Waals surface area contributed by atoms with E-state index in [1.165, 1.54) is 0 Å². The van der Waals surface area contributed by atoms with Crippen LogP contribution in [0.2, 0.25) is 0 Å². The highest BCUT2D eigenvalue weighted by Crippen LogP contribution is 2.18. The van der Waals surface area contributed by atoms with Crippen LogP contribution < -0.4 is 0 Å². The summed E-state index contributed by atoms with van der Waals surface area (Å²) in [7, 11) is 0. The molecule has 1 fully saturated rings. The van der Waals surface area contributed by atoms with Crippen LogP contribution in [0.5, 0.6) is 0 Å². The zero-order chi connectivity index (χ0) is 12.5. The van der Waals surface area contributed by atoms with Crippen molar-refractivity contribution >= 4 is 5.91 Å². The van der Waals surface area contributed by atoms with Gasteiger partial charge in [0.2, 0.25) is 5.91 Å². The quantitative estimate of drug-likeness (QED) is 0.523. The number of hydrogen-bond donors (Lipinski definition) is 0. The summed E-state index contributed by atoms with van der Waals surface area (Å²) in [6, 6.07) is 0. The molecule has 3 heteroatoms. The summed E-state index contributed by atoms with van der Waals surface area (Å²) in [6.07, 6.45) is 10.0. The van der Waals surface area contributed by atoms with E-state index >= 15 is 0 Å². The fourth-order valence-electron chi connectivity index (χ4n) is 2.12. The number of hydrogen-bond acceptors (Lipinski definition) is 2. The summed E-state index contributed by atoms with van der Waals surface area (Å²) in [5, 5.41) is 0. The number of amides is 1. The normalized spacial score (nSPS) is 16.8. The zero-order valence-electron chi connectivity index (χ0n) is 10.8. The van der Waals surface area contributed by atoms with Crippen LogP contribution in [0.4, 0.5) is 0 Å². The molecule has 0 atom stereocenters. The Kier molecular flexibility index (Phi) is 6.73. The number of likely N-dealkylation sites (tertiary alicyclic amines) is 1. The van der Waals surface area contributed by atoms with Crippen LogP contribution in [0.15, 0.2) is 0 Å². The monoisotopic (exact) mass is 237 g/mol. The Hall–Kier alpha value is -1.01. The van der Waals surface area contributed by atoms with Crippen molar-refractivity contribution in [2.24, 2.45) is 5.92 Å². The summed E-state index contributed by atoms with van der Waals surface area (Å²) in [5.41, 5.74) is 0. The second kappa shape index (κ2) is 8.14. The maximum atomic E-state index is 11.8. The topological polar surface area (TPSA) is 29.5 Å². The predicted octanol–water partition coefficient (Wildman–Crippen LogP) is 2.06. The third-order valence-electron chi connectivity index (χ3n) is 3.25. The molecule has 0 unspecified atom stereocenters. The van der Waals surface area contributed by atoms with Crippen LogP contribution in [0, 0.1) is 18.3 Å². The van der Waals surface area contributed by atoms with E-state index in [4.69, 9.17) is 11.2 Å². The molecule has 1 rings (SSSR count). The summed E-state index contributed by atoms with van der Waals surface area (Å²) in [4.78, 5) is 13.8. The molecule has 0 bridgehead atoms. The Morgan fingerprint density at radius 3 is 2.76 bits per heavy atom. The van der Waals surface area contributed by atoms with Crippen LogP contribution >= 0.6 is 0 Å². The first-order valence-corrected chi connectivity index (χ1v) is 6.57. The van der Waals surface area contributed by atoms with Gasteiger partial charge < -0.3 is 9.64 Å². The fourth-order valence-corrected chi connectivity index (χ4v) is 2.12. The Morgan fingerprint density at radius 2 is 2.18 bits per heavy atom. The first-order chi connectivity index (χ1) is 8.27. The molecule has 0 aromatic heterocycles. The molecule has 0 aromatic carbocycles. The van der Waals surface area contributed by atoms with Crippen molar-refractivity contribution in [3.05, 3.63) is 0 Å². The summed E-state index contributed by atoms with van der Waals surface area (Å²) in [6.45, 7) is 5.01. The largest absolute Gasteiger partial charge is 0.369 e. The van der Waals surface area contributed by atoms with Crippen LogP contribution in [0.1, 0.15) is 39.0 Å². The molecular formula is C14H23NO2. The molecule has 1 aliphatic heterocycles. The van der Waals surface area contributed by atoms with Gasteiger partial charge >= 0.3 is 0 Å². The van der Waals surface area contributed by atoms with Gasteiger partial charge in [-0.3, -0.25) is 4.79 Å². The number of piperidine rings is 1. The maximum absolute atomic E-state index is 11.8. The van der Waals surface area contributed by atoms with Gasteiger partial charge in [0, 0.05) is 19.5 Å². The van der Waals surface area contributed by atoms with Gasteiger partial charge in [-0.2, -0.15) is 0 Å². The minimum atomic E-state index is 0.315. The Labute approximate surface area is 105 Å². The molecule has 1 amide bonds. The standard InChI is InChI=1S/C14H23NO2/c1-3-5-6-14(16)15-9-7-13(8-10-15)12-17-11-4-2/h2,13H,3,5-12H2,1H3. The number of ether oxygens (including phenoxy) is 1. The molecule has 0 N–H and O–H groups in total. The lowest BCUT2D eigenvalue weighted by Gasteiger charge is -2.31. The molecular weight excluding hydrogens is 214 g/mol. The van der Waals surface area contributed by atoms with Crippen molar-refractivity contribution in [2.45, 2.75) is 39.0 Å². The van der Waals surface area contributed by atoms with Crippen LogP contribution in [-0.2, 0) is 9.53 Å². The molecule has 0 aromatic rings. The van der Waals surface area contributed by atoms with Crippen LogP contribution in [0.25, 0.3) is 0 Å². The maximum Gasteiger partial charge on any atom is 0.222 e. The Balaban J connectivity index is 2.17. The molecule has 0 radical (unpaired) electrons. The first kappa shape index (κ1) is 14.1. The van der Waals surface area contributed by atoms with Gasteiger partial charge in [0.05, 0.1) is 6.61 Å². The molecule has 0 aliphatic carbocycles. The van der Waals surface area contributed by atoms with Gasteiger partial charge in [0.15, 0.2) is 0 Å². The molecule has 96 valence electrons. The highest BCUT2D eigenvalue weighted by molar-refractivity contribution is 5.76. The SMILES string of the molecule is C#CCOCC1CCN(C(=O)CCCC)CC1. The van der Waals surface area contributed by atoms with E-state index in [1.807, 2.05) is 4.90 Å². The molecule has 3 nitrogen and oxygen atoms in total. The van der Waals surface area contributed by atoms with E-state index in [0.717, 1.165) is 45.4 Å². The molecule has 1 saturated heterocycles. The van der Waals surface area contributed by atoms with E-state index in [9.17, 15) is 4.79 Å². The van der Waals surface area contributed by atoms with E-state index in [1.54, 1.807) is 0 Å². The molecule has 17 heavy (non-hydrogen) atoms. The van der Waals surface area contributed by atoms with Crippen molar-refractivity contribution in [2.75, 3.05) is 26.3 Å². The van der Waals surface area contributed by atoms with Crippen LogP contribution in [-0.4, -0.2) is 37.1 Å². The molecule has 0 spiro atoms. The van der Waals surface area contributed by atoms with E-state index in [2.05, 4.69) is 12.8 Å². The van der Waals surface area contributed by atoms with Gasteiger partial charge in [-0.15, -0.1) is 6.42 Å². The molecule has 1 heterocycles. The minimum Gasteiger partial charge on any atom is -0.369 e. The predicted molar refractivity (Wildman–Crippen MR) is 68.5 cm³/mol. The minimum absolute atomic E-state index is 0.315. The summed E-state index contributed by atoms with van der Waals surface area (Å²) in [5.74, 6) is 3.35. The number of nitrogens with zero attached hydrogens (tertiary/aromatic N) is 1. The smallest absolute Gasteiger partial charge is 0.222 e. The lowest BCUT2D eigenvalue weighted by molar-refractivity contribution is -0.133. The number of rotatable bonds is 6. The van der Waals surface area contributed by atoms with Crippen molar-refractivity contribution < 1.29 is 9.53 Å². The summed E-state index contributed by atoms with van der Waals surface area (Å²) >= 11 is 0. The van der Waals surface area contributed by atoms with Crippen molar-refractivity contribution in [3.63, 3.8) is 0 Å². The lowest BCUT2D eigenvalue weighted by atomic mass is 9.97. The van der Waals surface area contributed by atoms with Crippen LogP contribution in [0.3, 0.4) is 0 Å². The Bertz CT molecular complexity index is 262. The first-order valence-electron chi connectivity index (χ1n) is 6.57. The lowest BCUT2D eigenvalue weighted by Crippen LogP contribution is -2.39. The molecule has 1 aliphatic rings. The second-order valence-electron chi connectivity index (χ2n) is 4.65. The average Bonchev–Trinajstić information content (AvgIpc) is 2.37. The van der Waals surface area contributed by atoms with Gasteiger partial charge in [-0.25, -0.2) is 0 Å². The van der Waals surface area contributed by atoms with E-state index in [-0.39, 0.29) is 0 Å². The van der Waals surface area contributed by atoms with E-state index < -0.39 is 0 Å². The van der Waals surface area contributed by atoms with Gasteiger partial charge in [0.25, 0.3) is 0 Å². The fraction of sp³-hybridized carbons (Fsp3) is 0.786. The van der Waals surface area contributed by atoms with Crippen molar-refractivity contribution in [3.8, 4) is 12.3 Å². The van der Waals surface area contributed by atoms with E-state index in [0.29, 0.717) is 24.9 Å². The number of unbranched alkanes of at least 4 members (excludes halogenated alkanes) is 1. The zero-order valence-corrected chi connectivity index (χ0v) is 10.8. The highest BCUT2D eigenvalue weighted by atomic mass is 16.5. The van der Waals surface area contributed by atoms with Crippen molar-refractivity contribution in [1.82, 2.24) is 4.90 Å². The van der Waals surface area contributed by atoms with Gasteiger partial charge in [-0.05, 0) is 25.2 Å². The van der Waals surface area contributed by atoms with Gasteiger partial charge in [-0.1, -0.05) is 19.3 Å².